The number of benzene rings is 3. The van der Waals surface area contributed by atoms with Gasteiger partial charge in [0.05, 0.1) is 17.7 Å². The zero-order valence-corrected chi connectivity index (χ0v) is 23.4. The molecule has 3 aromatic rings. The van der Waals surface area contributed by atoms with Gasteiger partial charge in [-0.2, -0.15) is 0 Å². The van der Waals surface area contributed by atoms with Gasteiger partial charge in [-0.1, -0.05) is 54.4 Å². The van der Waals surface area contributed by atoms with Crippen LogP contribution in [-0.2, 0) is 26.2 Å². The molecule has 0 radical (unpaired) electrons. The zero-order valence-electron chi connectivity index (χ0n) is 21.8. The first-order valence-corrected chi connectivity index (χ1v) is 13.9. The number of ether oxygens (including phenoxy) is 1. The topological polar surface area (TPSA) is 96.0 Å². The van der Waals surface area contributed by atoms with Crippen molar-refractivity contribution < 1.29 is 22.7 Å². The molecule has 0 fully saturated rings. The van der Waals surface area contributed by atoms with Crippen LogP contribution in [0, 0.1) is 6.92 Å². The number of likely N-dealkylation sites (N-methyl/N-ethyl adjacent to an activating group) is 1. The van der Waals surface area contributed by atoms with Gasteiger partial charge in [-0.15, -0.1) is 0 Å². The largest absolute Gasteiger partial charge is 0.497 e. The van der Waals surface area contributed by atoms with E-state index in [2.05, 4.69) is 5.32 Å². The molecular formula is C28H32ClN3O5S. The maximum absolute atomic E-state index is 13.9. The number of carbonyl (C=O) groups is 2. The molecule has 0 spiro atoms. The third-order valence-corrected chi connectivity index (χ3v) is 8.17. The molecule has 0 aromatic heterocycles. The lowest BCUT2D eigenvalue weighted by Gasteiger charge is -2.33. The number of rotatable bonds is 11. The normalized spacial score (nSPS) is 11.9. The lowest BCUT2D eigenvalue weighted by Crippen LogP contribution is -2.51. The molecule has 0 aliphatic heterocycles. The lowest BCUT2D eigenvalue weighted by molar-refractivity contribution is -0.140. The number of methoxy groups -OCH3 is 1. The molecule has 1 N–H and O–H groups in total. The highest BCUT2D eigenvalue weighted by atomic mass is 35.5. The molecule has 1 unspecified atom stereocenters. The van der Waals surface area contributed by atoms with Crippen molar-refractivity contribution in [1.29, 1.82) is 0 Å². The number of halogens is 1. The molecule has 10 heteroatoms. The molecule has 0 saturated heterocycles. The van der Waals surface area contributed by atoms with Crippen molar-refractivity contribution in [2.45, 2.75) is 37.8 Å². The predicted molar refractivity (Wildman–Crippen MR) is 149 cm³/mol. The first-order chi connectivity index (χ1) is 18.1. The molecule has 0 saturated carbocycles. The molecule has 202 valence electrons. The van der Waals surface area contributed by atoms with Crippen LogP contribution >= 0.6 is 11.6 Å². The first kappa shape index (κ1) is 29.0. The number of amides is 2. The fraction of sp³-hybridized carbons (Fsp3) is 0.286. The standard InChI is InChI=1S/C28H32ClN3O5S/c1-5-26(28(34)30-3)31(18-21-11-13-22(29)14-12-21)27(33)19-32(23-7-6-8-24(17-23)37-4)38(35,36)25-15-9-20(2)10-16-25/h6-17,26H,5,18-19H2,1-4H3,(H,30,34). The van der Waals surface area contributed by atoms with Crippen LogP contribution in [0.5, 0.6) is 5.75 Å². The lowest BCUT2D eigenvalue weighted by atomic mass is 10.1. The summed E-state index contributed by atoms with van der Waals surface area (Å²) < 4.78 is 34.0. The van der Waals surface area contributed by atoms with E-state index in [1.807, 2.05) is 6.92 Å². The summed E-state index contributed by atoms with van der Waals surface area (Å²) in [4.78, 5) is 28.1. The molecule has 0 aliphatic rings. The second kappa shape index (κ2) is 12.8. The Morgan fingerprint density at radius 2 is 1.68 bits per heavy atom. The summed E-state index contributed by atoms with van der Waals surface area (Å²) in [6.07, 6.45) is 0.336. The number of aryl methyl sites for hydroxylation is 1. The van der Waals surface area contributed by atoms with E-state index >= 15 is 0 Å². The van der Waals surface area contributed by atoms with E-state index in [4.69, 9.17) is 16.3 Å². The average Bonchev–Trinajstić information content (AvgIpc) is 2.92. The summed E-state index contributed by atoms with van der Waals surface area (Å²) in [7, 11) is -1.17. The molecular weight excluding hydrogens is 526 g/mol. The maximum atomic E-state index is 13.9. The predicted octanol–water partition coefficient (Wildman–Crippen LogP) is 4.41. The van der Waals surface area contributed by atoms with Gasteiger partial charge in [-0.3, -0.25) is 13.9 Å². The number of carbonyl (C=O) groups excluding carboxylic acids is 2. The monoisotopic (exact) mass is 557 g/mol. The highest BCUT2D eigenvalue weighted by Gasteiger charge is 2.33. The van der Waals surface area contributed by atoms with Gasteiger partial charge < -0.3 is 15.0 Å². The molecule has 3 aromatic carbocycles. The summed E-state index contributed by atoms with van der Waals surface area (Å²) in [6, 6.07) is 19.0. The second-order valence-corrected chi connectivity index (χ2v) is 11.0. The Labute approximate surface area is 229 Å². The Morgan fingerprint density at radius 1 is 1.03 bits per heavy atom. The van der Waals surface area contributed by atoms with Gasteiger partial charge in [0.15, 0.2) is 0 Å². The number of sulfonamides is 1. The number of nitrogens with zero attached hydrogens (tertiary/aromatic N) is 2. The van der Waals surface area contributed by atoms with Gasteiger partial charge >= 0.3 is 0 Å². The number of hydrogen-bond acceptors (Lipinski definition) is 5. The minimum Gasteiger partial charge on any atom is -0.497 e. The minimum atomic E-state index is -4.15. The molecule has 2 amide bonds. The van der Waals surface area contributed by atoms with Crippen LogP contribution < -0.4 is 14.4 Å². The van der Waals surface area contributed by atoms with Crippen molar-refractivity contribution >= 4 is 39.1 Å². The molecule has 0 bridgehead atoms. The molecule has 0 heterocycles. The van der Waals surface area contributed by atoms with E-state index in [9.17, 15) is 18.0 Å². The summed E-state index contributed by atoms with van der Waals surface area (Å²) in [5, 5.41) is 3.15. The van der Waals surface area contributed by atoms with Crippen LogP contribution in [0.25, 0.3) is 0 Å². The maximum Gasteiger partial charge on any atom is 0.264 e. The van der Waals surface area contributed by atoms with E-state index in [1.165, 1.54) is 31.2 Å². The van der Waals surface area contributed by atoms with E-state index in [-0.39, 0.29) is 23.0 Å². The van der Waals surface area contributed by atoms with Crippen LogP contribution in [0.4, 0.5) is 5.69 Å². The quantitative estimate of drug-likeness (QED) is 0.377. The number of hydrogen-bond donors (Lipinski definition) is 1. The Hall–Kier alpha value is -3.56. The summed E-state index contributed by atoms with van der Waals surface area (Å²) in [5.74, 6) is -0.438. The molecule has 1 atom stereocenters. The zero-order chi connectivity index (χ0) is 27.9. The average molecular weight is 558 g/mol. The van der Waals surface area contributed by atoms with Gasteiger partial charge in [-0.05, 0) is 55.3 Å². The summed E-state index contributed by atoms with van der Waals surface area (Å²) in [5.41, 5.74) is 1.91. The molecule has 38 heavy (non-hydrogen) atoms. The van der Waals surface area contributed by atoms with E-state index in [1.54, 1.807) is 67.6 Å². The molecule has 3 rings (SSSR count). The highest BCUT2D eigenvalue weighted by molar-refractivity contribution is 7.92. The van der Waals surface area contributed by atoms with Crippen LogP contribution in [0.1, 0.15) is 24.5 Å². The Kier molecular flexibility index (Phi) is 9.77. The molecule has 8 nitrogen and oxygen atoms in total. The van der Waals surface area contributed by atoms with Crippen molar-refractivity contribution in [2.75, 3.05) is 25.0 Å². The third kappa shape index (κ3) is 6.85. The van der Waals surface area contributed by atoms with E-state index in [0.29, 0.717) is 17.2 Å². The molecule has 0 aliphatic carbocycles. The van der Waals surface area contributed by atoms with Gasteiger partial charge in [-0.25, -0.2) is 8.42 Å². The van der Waals surface area contributed by atoms with Crippen LogP contribution in [0.3, 0.4) is 0 Å². The van der Waals surface area contributed by atoms with Crippen LogP contribution in [0.15, 0.2) is 77.7 Å². The van der Waals surface area contributed by atoms with Crippen molar-refractivity contribution in [3.8, 4) is 5.75 Å². The minimum absolute atomic E-state index is 0.0429. The number of nitrogens with one attached hydrogen (secondary N) is 1. The Balaban J connectivity index is 2.07. The summed E-state index contributed by atoms with van der Waals surface area (Å²) >= 11 is 6.02. The Morgan fingerprint density at radius 3 is 2.26 bits per heavy atom. The van der Waals surface area contributed by atoms with Gasteiger partial charge in [0, 0.05) is 24.7 Å². The first-order valence-electron chi connectivity index (χ1n) is 12.1. The van der Waals surface area contributed by atoms with Gasteiger partial charge in [0.1, 0.15) is 18.3 Å². The van der Waals surface area contributed by atoms with Gasteiger partial charge in [0.25, 0.3) is 10.0 Å². The SMILES string of the molecule is CCC(C(=O)NC)N(Cc1ccc(Cl)cc1)C(=O)CN(c1cccc(OC)c1)S(=O)(=O)c1ccc(C)cc1. The van der Waals surface area contributed by atoms with Gasteiger partial charge in [0.2, 0.25) is 11.8 Å². The van der Waals surface area contributed by atoms with Crippen LogP contribution in [-0.4, -0.2) is 51.9 Å². The number of anilines is 1. The van der Waals surface area contributed by atoms with Crippen molar-refractivity contribution in [3.05, 3.63) is 88.9 Å². The fourth-order valence-corrected chi connectivity index (χ4v) is 5.54. The second-order valence-electron chi connectivity index (χ2n) is 8.71. The van der Waals surface area contributed by atoms with E-state index < -0.39 is 28.5 Å². The Bertz CT molecular complexity index is 1360. The smallest absolute Gasteiger partial charge is 0.264 e. The highest BCUT2D eigenvalue weighted by Crippen LogP contribution is 2.28. The third-order valence-electron chi connectivity index (χ3n) is 6.13. The fourth-order valence-electron chi connectivity index (χ4n) is 4.00. The van der Waals surface area contributed by atoms with Crippen LogP contribution in [0.2, 0.25) is 5.02 Å². The van der Waals surface area contributed by atoms with Crippen molar-refractivity contribution in [1.82, 2.24) is 10.2 Å². The van der Waals surface area contributed by atoms with Crippen molar-refractivity contribution in [2.24, 2.45) is 0 Å². The van der Waals surface area contributed by atoms with E-state index in [0.717, 1.165) is 15.4 Å². The summed E-state index contributed by atoms with van der Waals surface area (Å²) in [6.45, 7) is 3.23. The van der Waals surface area contributed by atoms with Crippen molar-refractivity contribution in [3.63, 3.8) is 0 Å².